The summed E-state index contributed by atoms with van der Waals surface area (Å²) >= 11 is 0. The van der Waals surface area contributed by atoms with Gasteiger partial charge in [-0.1, -0.05) is 30.3 Å². The number of cyclic esters (lactones) is 1. The third-order valence-corrected chi connectivity index (χ3v) is 4.64. The molecule has 0 fully saturated rings. The first kappa shape index (κ1) is 20.9. The van der Waals surface area contributed by atoms with Gasteiger partial charge in [-0.25, -0.2) is 14.6 Å². The van der Waals surface area contributed by atoms with Crippen LogP contribution in [0.1, 0.15) is 21.5 Å². The van der Waals surface area contributed by atoms with Crippen molar-refractivity contribution >= 4 is 23.9 Å². The van der Waals surface area contributed by atoms with Crippen molar-refractivity contribution in [3.8, 4) is 17.2 Å². The van der Waals surface area contributed by atoms with E-state index in [-0.39, 0.29) is 17.3 Å². The summed E-state index contributed by atoms with van der Waals surface area (Å²) in [6, 6.07) is 20.7. The molecule has 1 aliphatic heterocycles. The van der Waals surface area contributed by atoms with Gasteiger partial charge in [0.15, 0.2) is 17.2 Å². The summed E-state index contributed by atoms with van der Waals surface area (Å²) in [4.78, 5) is 28.9. The fraction of sp³-hybridized carbons (Fsp3) is 0.0800. The maximum absolute atomic E-state index is 12.3. The second-order valence-electron chi connectivity index (χ2n) is 6.73. The topological polar surface area (TPSA) is 83.4 Å². The Labute approximate surface area is 184 Å². The van der Waals surface area contributed by atoms with E-state index in [1.165, 1.54) is 7.11 Å². The molecule has 1 heterocycles. The summed E-state index contributed by atoms with van der Waals surface area (Å²) in [5.41, 5.74) is 1.82. The molecule has 3 aromatic carbocycles. The molecule has 4 rings (SSSR count). The fourth-order valence-electron chi connectivity index (χ4n) is 3.04. The Morgan fingerprint density at radius 3 is 2.47 bits per heavy atom. The molecule has 0 saturated carbocycles. The zero-order chi connectivity index (χ0) is 22.5. The largest absolute Gasteiger partial charge is 0.497 e. The molecule has 0 unspecified atom stereocenters. The minimum Gasteiger partial charge on any atom is -0.497 e. The molecule has 0 bridgehead atoms. The van der Waals surface area contributed by atoms with Gasteiger partial charge in [0.25, 0.3) is 0 Å². The summed E-state index contributed by atoms with van der Waals surface area (Å²) in [5, 5.41) is 0. The average Bonchev–Trinajstić information content (AvgIpc) is 3.20. The van der Waals surface area contributed by atoms with E-state index in [4.69, 9.17) is 18.9 Å². The Balaban J connectivity index is 1.58. The summed E-state index contributed by atoms with van der Waals surface area (Å²) in [6.07, 6.45) is 1.57. The van der Waals surface area contributed by atoms with E-state index >= 15 is 0 Å². The maximum Gasteiger partial charge on any atom is 0.363 e. The van der Waals surface area contributed by atoms with Gasteiger partial charge in [-0.3, -0.25) is 0 Å². The van der Waals surface area contributed by atoms with Crippen molar-refractivity contribution in [2.45, 2.75) is 0 Å². The molecule has 0 amide bonds. The van der Waals surface area contributed by atoms with Gasteiger partial charge in [-0.15, -0.1) is 0 Å². The quantitative estimate of drug-likeness (QED) is 0.331. The summed E-state index contributed by atoms with van der Waals surface area (Å²) < 4.78 is 21.3. The first-order valence-corrected chi connectivity index (χ1v) is 9.69. The van der Waals surface area contributed by atoms with E-state index in [1.54, 1.807) is 79.9 Å². The summed E-state index contributed by atoms with van der Waals surface area (Å²) in [7, 11) is 3.02. The Morgan fingerprint density at radius 1 is 0.906 bits per heavy atom. The molecular formula is C25H19NO6. The van der Waals surface area contributed by atoms with Crippen molar-refractivity contribution < 1.29 is 28.5 Å². The van der Waals surface area contributed by atoms with Gasteiger partial charge < -0.3 is 18.9 Å². The number of hydrogen-bond acceptors (Lipinski definition) is 7. The lowest BCUT2D eigenvalue weighted by atomic mass is 10.1. The van der Waals surface area contributed by atoms with Crippen LogP contribution in [-0.4, -0.2) is 32.1 Å². The van der Waals surface area contributed by atoms with E-state index in [1.807, 2.05) is 6.07 Å². The molecule has 0 aromatic heterocycles. The number of aliphatic imine (C=N–C) groups is 1. The number of carbonyl (C=O) groups excluding carboxylic acids is 2. The first-order chi connectivity index (χ1) is 15.6. The Bertz CT molecular complexity index is 1230. The van der Waals surface area contributed by atoms with Crippen molar-refractivity contribution in [3.05, 3.63) is 95.2 Å². The van der Waals surface area contributed by atoms with Gasteiger partial charge >= 0.3 is 11.9 Å². The second-order valence-corrected chi connectivity index (χ2v) is 6.73. The van der Waals surface area contributed by atoms with Crippen LogP contribution in [0.3, 0.4) is 0 Å². The lowest BCUT2D eigenvalue weighted by Gasteiger charge is -2.10. The van der Waals surface area contributed by atoms with Crippen molar-refractivity contribution in [2.24, 2.45) is 4.99 Å². The van der Waals surface area contributed by atoms with E-state index in [0.717, 1.165) is 0 Å². The van der Waals surface area contributed by atoms with Crippen LogP contribution in [0.15, 0.2) is 83.5 Å². The molecule has 7 nitrogen and oxygen atoms in total. The van der Waals surface area contributed by atoms with Crippen LogP contribution in [0.4, 0.5) is 0 Å². The molecule has 0 spiro atoms. The number of ether oxygens (including phenoxy) is 4. The molecule has 7 heteroatoms. The molecule has 0 radical (unpaired) electrons. The summed E-state index contributed by atoms with van der Waals surface area (Å²) in [5.74, 6) is 0.359. The molecule has 160 valence electrons. The fourth-order valence-corrected chi connectivity index (χ4v) is 3.04. The van der Waals surface area contributed by atoms with Crippen LogP contribution in [0, 0.1) is 0 Å². The highest BCUT2D eigenvalue weighted by Crippen LogP contribution is 2.30. The van der Waals surface area contributed by atoms with E-state index < -0.39 is 11.9 Å². The third-order valence-electron chi connectivity index (χ3n) is 4.64. The van der Waals surface area contributed by atoms with Crippen LogP contribution < -0.4 is 14.2 Å². The number of methoxy groups -OCH3 is 2. The lowest BCUT2D eigenvalue weighted by molar-refractivity contribution is -0.129. The highest BCUT2D eigenvalue weighted by Gasteiger charge is 2.24. The van der Waals surface area contributed by atoms with Gasteiger partial charge in [0.1, 0.15) is 5.75 Å². The predicted molar refractivity (Wildman–Crippen MR) is 118 cm³/mol. The highest BCUT2D eigenvalue weighted by atomic mass is 16.6. The predicted octanol–water partition coefficient (Wildman–Crippen LogP) is 4.27. The SMILES string of the molecule is COc1cccc(C2=NC(=Cc3ccc(OC(=O)c4ccccc4)c(OC)c3)C(=O)O2)c1. The molecule has 0 aliphatic carbocycles. The smallest absolute Gasteiger partial charge is 0.363 e. The van der Waals surface area contributed by atoms with Crippen molar-refractivity contribution in [1.29, 1.82) is 0 Å². The maximum atomic E-state index is 12.3. The van der Waals surface area contributed by atoms with Gasteiger partial charge in [0, 0.05) is 5.56 Å². The van der Waals surface area contributed by atoms with Gasteiger partial charge in [-0.05, 0) is 54.1 Å². The van der Waals surface area contributed by atoms with Crippen LogP contribution in [-0.2, 0) is 9.53 Å². The average molecular weight is 429 g/mol. The van der Waals surface area contributed by atoms with Crippen molar-refractivity contribution in [2.75, 3.05) is 14.2 Å². The molecular weight excluding hydrogens is 410 g/mol. The number of benzene rings is 3. The Morgan fingerprint density at radius 2 is 1.72 bits per heavy atom. The minimum atomic E-state index is -0.568. The minimum absolute atomic E-state index is 0.138. The monoisotopic (exact) mass is 429 g/mol. The zero-order valence-corrected chi connectivity index (χ0v) is 17.4. The van der Waals surface area contributed by atoms with Crippen molar-refractivity contribution in [3.63, 3.8) is 0 Å². The van der Waals surface area contributed by atoms with E-state index in [0.29, 0.717) is 28.2 Å². The van der Waals surface area contributed by atoms with Gasteiger partial charge in [0.05, 0.1) is 19.8 Å². The van der Waals surface area contributed by atoms with Crippen LogP contribution in [0.5, 0.6) is 17.2 Å². The number of hydrogen-bond donors (Lipinski definition) is 0. The molecule has 3 aromatic rings. The lowest BCUT2D eigenvalue weighted by Crippen LogP contribution is -2.09. The first-order valence-electron chi connectivity index (χ1n) is 9.69. The van der Waals surface area contributed by atoms with E-state index in [2.05, 4.69) is 4.99 Å². The molecule has 0 atom stereocenters. The number of esters is 2. The third kappa shape index (κ3) is 4.52. The van der Waals surface area contributed by atoms with E-state index in [9.17, 15) is 9.59 Å². The van der Waals surface area contributed by atoms with Crippen molar-refractivity contribution in [1.82, 2.24) is 0 Å². The van der Waals surface area contributed by atoms with Gasteiger partial charge in [0.2, 0.25) is 5.90 Å². The second kappa shape index (κ2) is 9.18. The molecule has 0 N–H and O–H groups in total. The number of rotatable bonds is 6. The zero-order valence-electron chi connectivity index (χ0n) is 17.4. The molecule has 1 aliphatic rings. The summed E-state index contributed by atoms with van der Waals surface area (Å²) in [6.45, 7) is 0. The Kier molecular flexibility index (Phi) is 5.98. The standard InChI is InChI=1S/C25H19NO6/c1-29-19-10-6-9-18(15-19)23-26-20(25(28)32-23)13-16-11-12-21(22(14-16)30-2)31-24(27)17-7-4-3-5-8-17/h3-15H,1-2H3. The van der Waals surface area contributed by atoms with Gasteiger partial charge in [-0.2, -0.15) is 0 Å². The van der Waals surface area contributed by atoms with Crippen LogP contribution in [0.2, 0.25) is 0 Å². The van der Waals surface area contributed by atoms with Crippen LogP contribution in [0.25, 0.3) is 6.08 Å². The normalized spacial score (nSPS) is 14.0. The number of carbonyl (C=O) groups is 2. The van der Waals surface area contributed by atoms with Crippen LogP contribution >= 0.6 is 0 Å². The highest BCUT2D eigenvalue weighted by molar-refractivity contribution is 6.13. The Hall–Kier alpha value is -4.39. The molecule has 0 saturated heterocycles. The molecule has 32 heavy (non-hydrogen) atoms. The number of nitrogens with zero attached hydrogens (tertiary/aromatic N) is 1.